The third kappa shape index (κ3) is 3.44. The number of nitrogens with zero attached hydrogens (tertiary/aromatic N) is 2. The van der Waals surface area contributed by atoms with Gasteiger partial charge >= 0.3 is 0 Å². The van der Waals surface area contributed by atoms with E-state index >= 15 is 0 Å². The number of aryl methyl sites for hydroxylation is 1. The molecule has 5 heteroatoms. The van der Waals surface area contributed by atoms with Gasteiger partial charge in [-0.25, -0.2) is 4.39 Å². The summed E-state index contributed by atoms with van der Waals surface area (Å²) < 4.78 is 15.1. The number of aromatic nitrogens is 2. The van der Waals surface area contributed by atoms with Gasteiger partial charge in [0, 0.05) is 10.7 Å². The van der Waals surface area contributed by atoms with Crippen LogP contribution in [0.25, 0.3) is 0 Å². The van der Waals surface area contributed by atoms with Gasteiger partial charge in [-0.1, -0.05) is 31.5 Å². The molecule has 114 valence electrons. The Labute approximate surface area is 129 Å². The summed E-state index contributed by atoms with van der Waals surface area (Å²) in [5.74, 6) is -0.321. The maximum atomic E-state index is 13.1. The van der Waals surface area contributed by atoms with Crippen molar-refractivity contribution in [1.82, 2.24) is 9.78 Å². The molecule has 2 aromatic rings. The lowest BCUT2D eigenvalue weighted by Crippen LogP contribution is -2.09. The van der Waals surface area contributed by atoms with Crippen molar-refractivity contribution in [2.45, 2.75) is 39.7 Å². The first-order valence-electron chi connectivity index (χ1n) is 7.32. The van der Waals surface area contributed by atoms with Crippen molar-refractivity contribution in [1.29, 1.82) is 0 Å². The fraction of sp³-hybridized carbons (Fsp3) is 0.438. The van der Waals surface area contributed by atoms with Gasteiger partial charge in [-0.05, 0) is 49.1 Å². The van der Waals surface area contributed by atoms with Gasteiger partial charge in [0.1, 0.15) is 5.82 Å². The molecule has 1 aromatic heterocycles. The maximum absolute atomic E-state index is 13.1. The zero-order chi connectivity index (χ0) is 15.4. The van der Waals surface area contributed by atoms with E-state index in [1.54, 1.807) is 6.07 Å². The highest BCUT2D eigenvalue weighted by Crippen LogP contribution is 2.22. The molecular formula is C16H21ClFN3. The molecule has 1 heterocycles. The van der Waals surface area contributed by atoms with E-state index in [0.717, 1.165) is 30.5 Å². The molecule has 0 spiro atoms. The zero-order valence-electron chi connectivity index (χ0n) is 12.5. The van der Waals surface area contributed by atoms with E-state index < -0.39 is 0 Å². The number of benzene rings is 1. The highest BCUT2D eigenvalue weighted by molar-refractivity contribution is 6.31. The van der Waals surface area contributed by atoms with Crippen LogP contribution in [-0.4, -0.2) is 16.3 Å². The average molecular weight is 310 g/mol. The van der Waals surface area contributed by atoms with Crippen molar-refractivity contribution in [3.05, 3.63) is 51.6 Å². The van der Waals surface area contributed by atoms with Crippen LogP contribution in [0.2, 0.25) is 5.02 Å². The molecule has 0 bridgehead atoms. The van der Waals surface area contributed by atoms with Crippen molar-refractivity contribution in [2.24, 2.45) is 5.73 Å². The number of hydrogen-bond acceptors (Lipinski definition) is 2. The summed E-state index contributed by atoms with van der Waals surface area (Å²) in [6.45, 7) is 5.37. The summed E-state index contributed by atoms with van der Waals surface area (Å²) in [4.78, 5) is 0. The molecule has 0 aliphatic heterocycles. The van der Waals surface area contributed by atoms with E-state index in [1.165, 1.54) is 23.4 Å². The lowest BCUT2D eigenvalue weighted by atomic mass is 10.1. The molecule has 1 aromatic carbocycles. The molecule has 3 nitrogen and oxygen atoms in total. The van der Waals surface area contributed by atoms with Crippen LogP contribution in [0, 0.1) is 5.82 Å². The first-order valence-corrected chi connectivity index (χ1v) is 7.69. The van der Waals surface area contributed by atoms with Crippen LogP contribution in [0.15, 0.2) is 18.2 Å². The van der Waals surface area contributed by atoms with E-state index in [2.05, 4.69) is 18.9 Å². The molecule has 21 heavy (non-hydrogen) atoms. The van der Waals surface area contributed by atoms with Crippen molar-refractivity contribution < 1.29 is 4.39 Å². The average Bonchev–Trinajstić information content (AvgIpc) is 2.79. The van der Waals surface area contributed by atoms with E-state index in [4.69, 9.17) is 17.3 Å². The highest BCUT2D eigenvalue weighted by atomic mass is 35.5. The molecule has 0 aliphatic rings. The zero-order valence-corrected chi connectivity index (χ0v) is 13.3. The lowest BCUT2D eigenvalue weighted by molar-refractivity contribution is 0.619. The molecule has 0 amide bonds. The van der Waals surface area contributed by atoms with Crippen LogP contribution in [-0.2, 0) is 25.8 Å². The van der Waals surface area contributed by atoms with Gasteiger partial charge in [-0.15, -0.1) is 0 Å². The monoisotopic (exact) mass is 309 g/mol. The maximum Gasteiger partial charge on any atom is 0.124 e. The second kappa shape index (κ2) is 7.05. The minimum absolute atomic E-state index is 0.321. The van der Waals surface area contributed by atoms with Crippen LogP contribution >= 0.6 is 11.6 Å². The Balaban J connectivity index is 2.39. The van der Waals surface area contributed by atoms with Crippen molar-refractivity contribution in [3.63, 3.8) is 0 Å². The Hall–Kier alpha value is -1.39. The predicted molar refractivity (Wildman–Crippen MR) is 84.3 cm³/mol. The van der Waals surface area contributed by atoms with Gasteiger partial charge in [-0.3, -0.25) is 4.68 Å². The quantitative estimate of drug-likeness (QED) is 0.889. The van der Waals surface area contributed by atoms with Gasteiger partial charge in [0.25, 0.3) is 0 Å². The van der Waals surface area contributed by atoms with E-state index in [0.29, 0.717) is 18.1 Å². The van der Waals surface area contributed by atoms with Gasteiger partial charge in [0.15, 0.2) is 0 Å². The Kier molecular flexibility index (Phi) is 5.37. The fourth-order valence-corrected chi connectivity index (χ4v) is 2.87. The second-order valence-corrected chi connectivity index (χ2v) is 5.42. The molecule has 2 N–H and O–H groups in total. The Morgan fingerprint density at radius 3 is 2.62 bits per heavy atom. The third-order valence-electron chi connectivity index (χ3n) is 3.65. The number of halogens is 2. The molecule has 0 saturated carbocycles. The highest BCUT2D eigenvalue weighted by Gasteiger charge is 2.15. The van der Waals surface area contributed by atoms with E-state index in [-0.39, 0.29) is 5.82 Å². The smallest absolute Gasteiger partial charge is 0.124 e. The van der Waals surface area contributed by atoms with Crippen molar-refractivity contribution in [2.75, 3.05) is 6.54 Å². The number of hydrogen-bond donors (Lipinski definition) is 1. The van der Waals surface area contributed by atoms with Crippen LogP contribution < -0.4 is 5.73 Å². The number of nitrogens with two attached hydrogens (primary N) is 1. The summed E-state index contributed by atoms with van der Waals surface area (Å²) in [6, 6.07) is 4.48. The molecule has 0 saturated heterocycles. The molecule has 0 unspecified atom stereocenters. The lowest BCUT2D eigenvalue weighted by Gasteiger charge is -2.09. The van der Waals surface area contributed by atoms with Crippen molar-refractivity contribution in [3.8, 4) is 0 Å². The summed E-state index contributed by atoms with van der Waals surface area (Å²) in [5, 5.41) is 5.12. The van der Waals surface area contributed by atoms with Gasteiger partial charge < -0.3 is 5.73 Å². The normalized spacial score (nSPS) is 11.1. The third-order valence-corrected chi connectivity index (χ3v) is 4.00. The molecular weight excluding hydrogens is 289 g/mol. The second-order valence-electron chi connectivity index (χ2n) is 5.01. The Morgan fingerprint density at radius 1 is 1.29 bits per heavy atom. The minimum Gasteiger partial charge on any atom is -0.330 e. The largest absolute Gasteiger partial charge is 0.330 e. The minimum atomic E-state index is -0.321. The van der Waals surface area contributed by atoms with Crippen LogP contribution in [0.4, 0.5) is 4.39 Å². The molecule has 2 rings (SSSR count). The summed E-state index contributed by atoms with van der Waals surface area (Å²) in [6.07, 6.45) is 2.61. The summed E-state index contributed by atoms with van der Waals surface area (Å²) in [7, 11) is 0. The van der Waals surface area contributed by atoms with E-state index in [9.17, 15) is 4.39 Å². The topological polar surface area (TPSA) is 43.8 Å². The molecule has 0 aliphatic carbocycles. The summed E-state index contributed by atoms with van der Waals surface area (Å²) >= 11 is 6.12. The van der Waals surface area contributed by atoms with Gasteiger partial charge in [0.05, 0.1) is 12.2 Å². The first-order chi connectivity index (χ1) is 10.1. The van der Waals surface area contributed by atoms with Crippen LogP contribution in [0.5, 0.6) is 0 Å². The number of rotatable bonds is 6. The van der Waals surface area contributed by atoms with Gasteiger partial charge in [-0.2, -0.15) is 5.10 Å². The SMILES string of the molecule is CCc1nn(Cc2ccc(F)cc2Cl)c(CC)c1CCN. The Bertz CT molecular complexity index is 622. The summed E-state index contributed by atoms with van der Waals surface area (Å²) in [5.41, 5.74) is 10.1. The van der Waals surface area contributed by atoms with Crippen LogP contribution in [0.3, 0.4) is 0 Å². The van der Waals surface area contributed by atoms with Crippen LogP contribution in [0.1, 0.15) is 36.4 Å². The van der Waals surface area contributed by atoms with E-state index in [1.807, 2.05) is 4.68 Å². The predicted octanol–water partition coefficient (Wildman–Crippen LogP) is 3.35. The molecule has 0 fully saturated rings. The Morgan fingerprint density at radius 2 is 2.05 bits per heavy atom. The van der Waals surface area contributed by atoms with Crippen molar-refractivity contribution >= 4 is 11.6 Å². The standard InChI is InChI=1S/C16H21ClFN3/c1-3-15-13(7-8-19)16(4-2)21(20-15)10-11-5-6-12(18)9-14(11)17/h5-6,9H,3-4,7-8,10,19H2,1-2H3. The molecule has 0 radical (unpaired) electrons. The van der Waals surface area contributed by atoms with Gasteiger partial charge in [0.2, 0.25) is 0 Å². The fourth-order valence-electron chi connectivity index (χ4n) is 2.64. The first kappa shape index (κ1) is 16.0. The molecule has 0 atom stereocenters.